The minimum atomic E-state index is -1.28. The number of ether oxygens (including phenoxy) is 2. The Morgan fingerprint density at radius 3 is 1.38 bits per heavy atom. The number of methoxy groups -OCH3 is 2. The molecule has 2 aliphatic heterocycles. The van der Waals surface area contributed by atoms with Gasteiger partial charge >= 0.3 is 0 Å². The van der Waals surface area contributed by atoms with Crippen LogP contribution in [0.3, 0.4) is 0 Å². The van der Waals surface area contributed by atoms with Crippen molar-refractivity contribution >= 4 is 35.0 Å². The van der Waals surface area contributed by atoms with Crippen LogP contribution < -0.4 is 19.3 Å². The van der Waals surface area contributed by atoms with E-state index in [0.29, 0.717) is 27.9 Å². The van der Waals surface area contributed by atoms with E-state index in [1.165, 1.54) is 14.2 Å². The van der Waals surface area contributed by atoms with Gasteiger partial charge in [0.05, 0.1) is 38.4 Å². The lowest BCUT2D eigenvalue weighted by Crippen LogP contribution is -2.49. The zero-order valence-electron chi connectivity index (χ0n) is 17.4. The van der Waals surface area contributed by atoms with Crippen LogP contribution in [0.5, 0.6) is 11.5 Å². The Kier molecular flexibility index (Phi) is 5.64. The van der Waals surface area contributed by atoms with E-state index in [9.17, 15) is 24.4 Å². The highest BCUT2D eigenvalue weighted by atomic mass is 16.5. The standard InChI is InChI=1S/C22H21N3O7/c1-31-15-7-3-13(4-8-15)23-19(26)11-17(21(23)28)25(30)18-12-20(27)24(22(18)29)14-5-9-16(32-2)10-6-14/h3-10,17-18,30H,11-12H2,1-2H3/t17-,18-/m0/s1. The van der Waals surface area contributed by atoms with Crippen LogP contribution in [0.4, 0.5) is 11.4 Å². The summed E-state index contributed by atoms with van der Waals surface area (Å²) in [5, 5.41) is 11.2. The van der Waals surface area contributed by atoms with E-state index in [-0.39, 0.29) is 12.8 Å². The van der Waals surface area contributed by atoms with E-state index in [4.69, 9.17) is 9.47 Å². The van der Waals surface area contributed by atoms with E-state index < -0.39 is 35.7 Å². The molecule has 2 fully saturated rings. The number of anilines is 2. The molecule has 10 nitrogen and oxygen atoms in total. The average Bonchev–Trinajstić information content (AvgIpc) is 3.27. The number of hydrogen-bond donors (Lipinski definition) is 1. The summed E-state index contributed by atoms with van der Waals surface area (Å²) >= 11 is 0. The van der Waals surface area contributed by atoms with Gasteiger partial charge in [-0.3, -0.25) is 19.2 Å². The number of imide groups is 2. The second-order valence-electron chi connectivity index (χ2n) is 7.35. The number of rotatable bonds is 6. The third-order valence-electron chi connectivity index (χ3n) is 5.55. The first-order valence-corrected chi connectivity index (χ1v) is 9.84. The van der Waals surface area contributed by atoms with Gasteiger partial charge in [0.2, 0.25) is 11.8 Å². The number of nitrogens with zero attached hydrogens (tertiary/aromatic N) is 3. The molecule has 166 valence electrons. The molecule has 0 unspecified atom stereocenters. The van der Waals surface area contributed by atoms with E-state index in [1.807, 2.05) is 0 Å². The van der Waals surface area contributed by atoms with Crippen LogP contribution in [0.25, 0.3) is 0 Å². The highest BCUT2D eigenvalue weighted by Gasteiger charge is 2.50. The molecule has 0 bridgehead atoms. The summed E-state index contributed by atoms with van der Waals surface area (Å²) in [6.07, 6.45) is -0.635. The van der Waals surface area contributed by atoms with E-state index in [2.05, 4.69) is 0 Å². The fraction of sp³-hybridized carbons (Fsp3) is 0.273. The van der Waals surface area contributed by atoms with Gasteiger partial charge in [0.1, 0.15) is 23.6 Å². The Morgan fingerprint density at radius 2 is 1.06 bits per heavy atom. The maximum Gasteiger partial charge on any atom is 0.254 e. The largest absolute Gasteiger partial charge is 0.497 e. The van der Waals surface area contributed by atoms with Crippen molar-refractivity contribution in [1.82, 2.24) is 5.06 Å². The number of hydroxylamine groups is 2. The number of carbonyl (C=O) groups is 4. The van der Waals surface area contributed by atoms with Gasteiger partial charge in [-0.25, -0.2) is 9.80 Å². The van der Waals surface area contributed by atoms with Crippen molar-refractivity contribution in [2.45, 2.75) is 24.9 Å². The van der Waals surface area contributed by atoms with Crippen molar-refractivity contribution in [2.75, 3.05) is 24.0 Å². The molecule has 0 aromatic heterocycles. The molecule has 0 radical (unpaired) electrons. The Morgan fingerprint density at radius 1 is 0.719 bits per heavy atom. The second-order valence-corrected chi connectivity index (χ2v) is 7.35. The van der Waals surface area contributed by atoms with Crippen LogP contribution in [-0.4, -0.2) is 60.2 Å². The van der Waals surface area contributed by atoms with E-state index in [1.54, 1.807) is 48.5 Å². The monoisotopic (exact) mass is 439 g/mol. The number of carbonyl (C=O) groups excluding carboxylic acids is 4. The lowest BCUT2D eigenvalue weighted by atomic mass is 10.1. The number of benzene rings is 2. The van der Waals surface area contributed by atoms with Crippen LogP contribution in [0.15, 0.2) is 48.5 Å². The van der Waals surface area contributed by atoms with Gasteiger partial charge in [-0.1, -0.05) is 0 Å². The summed E-state index contributed by atoms with van der Waals surface area (Å²) in [5.41, 5.74) is 0.649. The van der Waals surface area contributed by atoms with E-state index in [0.717, 1.165) is 9.80 Å². The van der Waals surface area contributed by atoms with Crippen molar-refractivity contribution in [3.05, 3.63) is 48.5 Å². The number of hydrogen-bond acceptors (Lipinski definition) is 8. The first-order chi connectivity index (χ1) is 15.3. The van der Waals surface area contributed by atoms with Crippen LogP contribution in [0.2, 0.25) is 0 Å². The minimum absolute atomic E-state index is 0.318. The smallest absolute Gasteiger partial charge is 0.254 e. The van der Waals surface area contributed by atoms with Crippen molar-refractivity contribution in [1.29, 1.82) is 0 Å². The maximum atomic E-state index is 12.9. The lowest BCUT2D eigenvalue weighted by molar-refractivity contribution is -0.172. The number of amides is 4. The third-order valence-corrected chi connectivity index (χ3v) is 5.55. The minimum Gasteiger partial charge on any atom is -0.497 e. The Labute approximate surface area is 183 Å². The molecule has 10 heteroatoms. The van der Waals surface area contributed by atoms with Crippen LogP contribution in [0.1, 0.15) is 12.8 Å². The molecular formula is C22H21N3O7. The topological polar surface area (TPSA) is 117 Å². The average molecular weight is 439 g/mol. The summed E-state index contributed by atoms with van der Waals surface area (Å²) in [7, 11) is 2.99. The summed E-state index contributed by atoms with van der Waals surface area (Å²) < 4.78 is 10.2. The Bertz CT molecular complexity index is 982. The molecule has 2 aliphatic rings. The maximum absolute atomic E-state index is 12.9. The van der Waals surface area contributed by atoms with Gasteiger partial charge in [0.15, 0.2) is 0 Å². The zero-order chi connectivity index (χ0) is 23.0. The van der Waals surface area contributed by atoms with Crippen molar-refractivity contribution < 1.29 is 33.9 Å². The summed E-state index contributed by atoms with van der Waals surface area (Å²) in [6.45, 7) is 0. The molecule has 4 amide bonds. The fourth-order valence-corrected chi connectivity index (χ4v) is 3.87. The highest BCUT2D eigenvalue weighted by molar-refractivity contribution is 6.24. The van der Waals surface area contributed by atoms with Crippen LogP contribution >= 0.6 is 0 Å². The highest BCUT2D eigenvalue weighted by Crippen LogP contribution is 2.31. The molecule has 2 aromatic carbocycles. The predicted octanol–water partition coefficient (Wildman–Crippen LogP) is 1.36. The summed E-state index contributed by atoms with van der Waals surface area (Å²) in [5.74, 6) is -1.28. The molecule has 1 N–H and O–H groups in total. The van der Waals surface area contributed by atoms with Crippen molar-refractivity contribution in [3.8, 4) is 11.5 Å². The van der Waals surface area contributed by atoms with Gasteiger partial charge in [-0.15, -0.1) is 0 Å². The summed E-state index contributed by atoms with van der Waals surface area (Å²) in [6, 6.07) is 10.1. The van der Waals surface area contributed by atoms with Crippen LogP contribution in [-0.2, 0) is 19.2 Å². The van der Waals surface area contributed by atoms with Gasteiger partial charge in [-0.05, 0) is 48.5 Å². The third kappa shape index (κ3) is 3.59. The second kappa shape index (κ2) is 8.40. The molecule has 4 rings (SSSR count). The van der Waals surface area contributed by atoms with E-state index >= 15 is 0 Å². The normalized spacial score (nSPS) is 21.1. The van der Waals surface area contributed by atoms with Crippen LogP contribution in [0, 0.1) is 0 Å². The molecule has 2 atom stereocenters. The molecule has 2 saturated heterocycles. The van der Waals surface area contributed by atoms with Crippen molar-refractivity contribution in [3.63, 3.8) is 0 Å². The first-order valence-electron chi connectivity index (χ1n) is 9.84. The van der Waals surface area contributed by atoms with Crippen molar-refractivity contribution in [2.24, 2.45) is 0 Å². The molecular weight excluding hydrogens is 418 g/mol. The molecule has 0 spiro atoms. The fourth-order valence-electron chi connectivity index (χ4n) is 3.87. The van der Waals surface area contributed by atoms with Gasteiger partial charge in [0.25, 0.3) is 11.8 Å². The SMILES string of the molecule is COc1ccc(N2C(=O)C[C@H](N(O)[C@H]3CC(=O)N(c4ccc(OC)cc4)C3=O)C2=O)cc1. The Balaban J connectivity index is 1.53. The first kappa shape index (κ1) is 21.5. The lowest BCUT2D eigenvalue weighted by Gasteiger charge is -2.25. The van der Waals surface area contributed by atoms with Gasteiger partial charge in [0, 0.05) is 0 Å². The quantitative estimate of drug-likeness (QED) is 0.530. The molecule has 2 heterocycles. The van der Waals surface area contributed by atoms with Gasteiger partial charge < -0.3 is 14.7 Å². The Hall–Kier alpha value is -3.76. The molecule has 2 aromatic rings. The molecule has 0 saturated carbocycles. The molecule has 0 aliphatic carbocycles. The zero-order valence-corrected chi connectivity index (χ0v) is 17.4. The van der Waals surface area contributed by atoms with Gasteiger partial charge in [-0.2, -0.15) is 5.06 Å². The summed E-state index contributed by atoms with van der Waals surface area (Å²) in [4.78, 5) is 52.8. The molecule has 32 heavy (non-hydrogen) atoms. The predicted molar refractivity (Wildman–Crippen MR) is 111 cm³/mol.